The van der Waals surface area contributed by atoms with Gasteiger partial charge in [0.15, 0.2) is 0 Å². The van der Waals surface area contributed by atoms with Crippen LogP contribution in [0.1, 0.15) is 16.1 Å². The van der Waals surface area contributed by atoms with E-state index < -0.39 is 23.1 Å². The number of methoxy groups -OCH3 is 1. The fourth-order valence-corrected chi connectivity index (χ4v) is 1.41. The van der Waals surface area contributed by atoms with Gasteiger partial charge in [-0.2, -0.15) is 0 Å². The zero-order valence-corrected chi connectivity index (χ0v) is 7.81. The number of ether oxygens (including phenoxy) is 1. The number of hydrogen-bond donors (Lipinski definition) is 0. The van der Waals surface area contributed by atoms with Crippen LogP contribution in [0.4, 0.5) is 0 Å². The third-order valence-corrected chi connectivity index (χ3v) is 2.11. The Morgan fingerprint density at radius 3 is 2.87 bits per heavy atom. The molecule has 5 heteroatoms. The smallest absolute Gasteiger partial charge is 0.341 e. The Kier molecular flexibility index (Phi) is 2.00. The van der Waals surface area contributed by atoms with Crippen molar-refractivity contribution in [1.29, 1.82) is 0 Å². The number of ketones is 1. The molecule has 1 aliphatic rings. The molecule has 0 aliphatic heterocycles. The van der Waals surface area contributed by atoms with E-state index in [9.17, 15) is 14.7 Å². The second-order valence-corrected chi connectivity index (χ2v) is 2.92. The first kappa shape index (κ1) is 9.39. The van der Waals surface area contributed by atoms with E-state index in [-0.39, 0.29) is 11.3 Å². The fourth-order valence-electron chi connectivity index (χ4n) is 1.41. The highest BCUT2D eigenvalue weighted by molar-refractivity contribution is 6.31. The molecule has 0 radical (unpaired) electrons. The number of esters is 1. The summed E-state index contributed by atoms with van der Waals surface area (Å²) in [4.78, 5) is 26.5. The zero-order valence-electron chi connectivity index (χ0n) is 7.81. The van der Waals surface area contributed by atoms with Crippen molar-refractivity contribution < 1.29 is 19.4 Å². The molecule has 0 saturated heterocycles. The molecule has 0 bridgehead atoms. The van der Waals surface area contributed by atoms with Gasteiger partial charge in [0.1, 0.15) is 11.3 Å². The van der Waals surface area contributed by atoms with E-state index in [2.05, 4.69) is 9.72 Å². The van der Waals surface area contributed by atoms with E-state index in [1.165, 1.54) is 18.3 Å². The molecule has 76 valence electrons. The second-order valence-electron chi connectivity index (χ2n) is 2.92. The molecule has 0 spiro atoms. The van der Waals surface area contributed by atoms with Gasteiger partial charge >= 0.3 is 5.97 Å². The van der Waals surface area contributed by atoms with Crippen LogP contribution in [-0.4, -0.2) is 23.8 Å². The van der Waals surface area contributed by atoms with E-state index in [1.807, 2.05) is 0 Å². The first-order chi connectivity index (χ1) is 7.16. The van der Waals surface area contributed by atoms with Gasteiger partial charge in [-0.25, -0.2) is 4.79 Å². The monoisotopic (exact) mass is 204 g/mol. The number of nitrogens with zero attached hydrogens (tertiary/aromatic N) is 1. The van der Waals surface area contributed by atoms with Gasteiger partial charge < -0.3 is 9.84 Å². The molecule has 0 atom stereocenters. The van der Waals surface area contributed by atoms with Crippen LogP contribution in [0.5, 0.6) is 0 Å². The molecule has 1 heterocycles. The van der Waals surface area contributed by atoms with Gasteiger partial charge in [-0.15, -0.1) is 0 Å². The second kappa shape index (κ2) is 3.20. The first-order valence-electron chi connectivity index (χ1n) is 4.16. The van der Waals surface area contributed by atoms with Crippen molar-refractivity contribution in [3.05, 3.63) is 35.2 Å². The lowest BCUT2D eigenvalue weighted by molar-refractivity contribution is -0.244. The normalized spacial score (nSPS) is 14.1. The molecular formula is C10H6NO4-. The summed E-state index contributed by atoms with van der Waals surface area (Å²) in [5.41, 5.74) is -0.294. The van der Waals surface area contributed by atoms with Gasteiger partial charge in [-0.05, 0) is 11.6 Å². The maximum Gasteiger partial charge on any atom is 0.341 e. The Morgan fingerprint density at radius 2 is 2.27 bits per heavy atom. The third kappa shape index (κ3) is 1.20. The number of pyridine rings is 1. The summed E-state index contributed by atoms with van der Waals surface area (Å²) in [5.74, 6) is -2.19. The SMILES string of the molecule is COC(=O)C1=C([O-])c2cccnc2C1=O. The van der Waals surface area contributed by atoms with E-state index in [4.69, 9.17) is 0 Å². The lowest BCUT2D eigenvalue weighted by Crippen LogP contribution is -2.15. The summed E-state index contributed by atoms with van der Waals surface area (Å²) in [6.45, 7) is 0. The Bertz CT molecular complexity index is 490. The Hall–Kier alpha value is -2.17. The number of rotatable bonds is 1. The largest absolute Gasteiger partial charge is 0.871 e. The minimum Gasteiger partial charge on any atom is -0.871 e. The van der Waals surface area contributed by atoms with Crippen molar-refractivity contribution in [1.82, 2.24) is 4.98 Å². The predicted octanol–water partition coefficient (Wildman–Crippen LogP) is -0.478. The molecular weight excluding hydrogens is 198 g/mol. The highest BCUT2D eigenvalue weighted by Crippen LogP contribution is 2.27. The predicted molar refractivity (Wildman–Crippen MR) is 47.5 cm³/mol. The molecule has 15 heavy (non-hydrogen) atoms. The van der Waals surface area contributed by atoms with Gasteiger partial charge in [0.25, 0.3) is 0 Å². The van der Waals surface area contributed by atoms with Gasteiger partial charge in [0.2, 0.25) is 5.78 Å². The van der Waals surface area contributed by atoms with Crippen molar-refractivity contribution in [3.8, 4) is 0 Å². The Labute approximate surface area is 85.0 Å². The highest BCUT2D eigenvalue weighted by Gasteiger charge is 2.31. The van der Waals surface area contributed by atoms with E-state index >= 15 is 0 Å². The average molecular weight is 204 g/mol. The van der Waals surface area contributed by atoms with Crippen molar-refractivity contribution in [2.75, 3.05) is 7.11 Å². The minimum atomic E-state index is -0.914. The fraction of sp³-hybridized carbons (Fsp3) is 0.100. The maximum absolute atomic E-state index is 11.6. The van der Waals surface area contributed by atoms with Crippen LogP contribution in [-0.2, 0) is 9.53 Å². The summed E-state index contributed by atoms with van der Waals surface area (Å²) in [6.07, 6.45) is 1.39. The summed E-state index contributed by atoms with van der Waals surface area (Å²) in [7, 11) is 1.12. The van der Waals surface area contributed by atoms with Crippen LogP contribution in [0.3, 0.4) is 0 Å². The van der Waals surface area contributed by atoms with Crippen LogP contribution < -0.4 is 5.11 Å². The lowest BCUT2D eigenvalue weighted by atomic mass is 10.2. The van der Waals surface area contributed by atoms with E-state index in [0.717, 1.165) is 7.11 Å². The third-order valence-electron chi connectivity index (χ3n) is 2.11. The van der Waals surface area contributed by atoms with Gasteiger partial charge in [-0.3, -0.25) is 9.78 Å². The van der Waals surface area contributed by atoms with Crippen LogP contribution in [0.2, 0.25) is 0 Å². The topological polar surface area (TPSA) is 79.3 Å². The highest BCUT2D eigenvalue weighted by atomic mass is 16.5. The van der Waals surface area contributed by atoms with Crippen molar-refractivity contribution in [2.45, 2.75) is 0 Å². The van der Waals surface area contributed by atoms with E-state index in [1.54, 1.807) is 0 Å². The molecule has 1 aromatic heterocycles. The number of aromatic nitrogens is 1. The molecule has 2 rings (SSSR count). The molecule has 0 amide bonds. The number of hydrogen-bond acceptors (Lipinski definition) is 5. The van der Waals surface area contributed by atoms with Crippen LogP contribution in [0, 0.1) is 0 Å². The maximum atomic E-state index is 11.6. The number of carbonyl (C=O) groups is 2. The van der Waals surface area contributed by atoms with E-state index in [0.29, 0.717) is 0 Å². The molecule has 0 unspecified atom stereocenters. The van der Waals surface area contributed by atoms with Crippen molar-refractivity contribution >= 4 is 17.5 Å². The quantitative estimate of drug-likeness (QED) is 0.456. The lowest BCUT2D eigenvalue weighted by Gasteiger charge is -2.08. The van der Waals surface area contributed by atoms with Crippen LogP contribution in [0.25, 0.3) is 5.76 Å². The van der Waals surface area contributed by atoms with Crippen LogP contribution >= 0.6 is 0 Å². The minimum absolute atomic E-state index is 0.0166. The molecule has 1 aliphatic carbocycles. The standard InChI is InChI=1S/C10H7NO4/c1-15-10(14)6-8(12)5-3-2-4-11-7(5)9(6)13/h2-4,12H,1H3/p-1. The Balaban J connectivity index is 2.60. The number of Topliss-reactive ketones (excluding diaryl/α,β-unsaturated/α-hetero) is 1. The summed E-state index contributed by atoms with van der Waals surface area (Å²) < 4.78 is 4.36. The van der Waals surface area contributed by atoms with Gasteiger partial charge in [0, 0.05) is 6.20 Å². The van der Waals surface area contributed by atoms with Crippen molar-refractivity contribution in [3.63, 3.8) is 0 Å². The first-order valence-corrected chi connectivity index (χ1v) is 4.16. The summed E-state index contributed by atoms with van der Waals surface area (Å²) >= 11 is 0. The van der Waals surface area contributed by atoms with Crippen LogP contribution in [0.15, 0.2) is 23.9 Å². The molecule has 5 nitrogen and oxygen atoms in total. The zero-order chi connectivity index (χ0) is 11.0. The molecule has 0 saturated carbocycles. The summed E-state index contributed by atoms with van der Waals surface area (Å²) in [6, 6.07) is 2.99. The van der Waals surface area contributed by atoms with Gasteiger partial charge in [-0.1, -0.05) is 11.8 Å². The molecule has 0 aromatic carbocycles. The molecule has 1 aromatic rings. The Morgan fingerprint density at radius 1 is 1.53 bits per heavy atom. The number of fused-ring (bicyclic) bond motifs is 1. The van der Waals surface area contributed by atoms with Crippen molar-refractivity contribution in [2.24, 2.45) is 0 Å². The summed E-state index contributed by atoms with van der Waals surface area (Å²) in [5, 5.41) is 11.6. The average Bonchev–Trinajstić information content (AvgIpc) is 2.52. The van der Waals surface area contributed by atoms with Gasteiger partial charge in [0.05, 0.1) is 7.11 Å². The number of carbonyl (C=O) groups excluding carboxylic acids is 2. The molecule has 0 fully saturated rings. The molecule has 0 N–H and O–H groups in total.